The maximum atomic E-state index is 10.5. The Bertz CT molecular complexity index is 680. The van der Waals surface area contributed by atoms with Gasteiger partial charge in [-0.1, -0.05) is 11.6 Å². The zero-order valence-corrected chi connectivity index (χ0v) is 13.0. The summed E-state index contributed by atoms with van der Waals surface area (Å²) in [7, 11) is 0. The van der Waals surface area contributed by atoms with Crippen molar-refractivity contribution in [3.8, 4) is 0 Å². The summed E-state index contributed by atoms with van der Waals surface area (Å²) >= 11 is 5.68. The van der Waals surface area contributed by atoms with Crippen LogP contribution in [0.4, 0.5) is 17.1 Å². The van der Waals surface area contributed by atoms with Gasteiger partial charge in [0.05, 0.1) is 21.8 Å². The molecule has 0 heterocycles. The van der Waals surface area contributed by atoms with Crippen LogP contribution >= 0.6 is 11.6 Å². The van der Waals surface area contributed by atoms with E-state index in [4.69, 9.17) is 39.0 Å². The van der Waals surface area contributed by atoms with E-state index in [1.807, 2.05) is 6.92 Å². The molecule has 0 aliphatic carbocycles. The van der Waals surface area contributed by atoms with E-state index in [-0.39, 0.29) is 16.8 Å². The molecule has 0 fully saturated rings. The van der Waals surface area contributed by atoms with Gasteiger partial charge in [0.15, 0.2) is 0 Å². The van der Waals surface area contributed by atoms with Crippen LogP contribution in [0.2, 0.25) is 5.02 Å². The molecular formula is C15H16ClN3O4. The average Bonchev–Trinajstić information content (AvgIpc) is 2.45. The van der Waals surface area contributed by atoms with E-state index in [9.17, 15) is 9.59 Å². The van der Waals surface area contributed by atoms with Gasteiger partial charge in [-0.3, -0.25) is 0 Å². The molecule has 0 saturated carbocycles. The predicted octanol–water partition coefficient (Wildman–Crippen LogP) is 2.48. The van der Waals surface area contributed by atoms with Crippen molar-refractivity contribution in [2.75, 3.05) is 17.2 Å². The van der Waals surface area contributed by atoms with Crippen molar-refractivity contribution >= 4 is 40.6 Å². The molecule has 7 nitrogen and oxygen atoms in total. The smallest absolute Gasteiger partial charge is 0.335 e. The highest BCUT2D eigenvalue weighted by Crippen LogP contribution is 2.24. The SMILES string of the molecule is Cc1cc(N)c(Cl)cc1N.Nc1cc(C(=O)O)cc(C(=O)O)c1. The maximum Gasteiger partial charge on any atom is 0.335 e. The van der Waals surface area contributed by atoms with Gasteiger partial charge < -0.3 is 27.4 Å². The predicted molar refractivity (Wildman–Crippen MR) is 89.8 cm³/mol. The van der Waals surface area contributed by atoms with E-state index in [1.165, 1.54) is 12.1 Å². The van der Waals surface area contributed by atoms with E-state index in [0.29, 0.717) is 16.4 Å². The first-order valence-electron chi connectivity index (χ1n) is 6.30. The Kier molecular flexibility index (Phi) is 5.81. The van der Waals surface area contributed by atoms with E-state index >= 15 is 0 Å². The average molecular weight is 338 g/mol. The number of halogens is 1. The van der Waals surface area contributed by atoms with Crippen LogP contribution in [0.1, 0.15) is 26.3 Å². The van der Waals surface area contributed by atoms with Gasteiger partial charge in [-0.2, -0.15) is 0 Å². The van der Waals surface area contributed by atoms with Gasteiger partial charge >= 0.3 is 11.9 Å². The molecule has 0 aliphatic rings. The summed E-state index contributed by atoms with van der Waals surface area (Å²) in [5.41, 5.74) is 18.4. The first kappa shape index (κ1) is 18.1. The van der Waals surface area contributed by atoms with Crippen molar-refractivity contribution < 1.29 is 19.8 Å². The largest absolute Gasteiger partial charge is 0.478 e. The zero-order chi connectivity index (χ0) is 17.7. The molecule has 0 aromatic heterocycles. The zero-order valence-electron chi connectivity index (χ0n) is 12.2. The number of aromatic carboxylic acids is 2. The minimum atomic E-state index is -1.20. The third kappa shape index (κ3) is 5.08. The summed E-state index contributed by atoms with van der Waals surface area (Å²) in [6.45, 7) is 1.89. The number of carboxylic acids is 2. The van der Waals surface area contributed by atoms with E-state index < -0.39 is 11.9 Å². The van der Waals surface area contributed by atoms with Crippen LogP contribution in [0.5, 0.6) is 0 Å². The van der Waals surface area contributed by atoms with Crippen LogP contribution in [0, 0.1) is 6.92 Å². The second kappa shape index (κ2) is 7.37. The van der Waals surface area contributed by atoms with Crippen LogP contribution in [-0.4, -0.2) is 22.2 Å². The Hall–Kier alpha value is -2.93. The molecule has 122 valence electrons. The summed E-state index contributed by atoms with van der Waals surface area (Å²) in [4.78, 5) is 21.0. The summed E-state index contributed by atoms with van der Waals surface area (Å²) in [6.07, 6.45) is 0. The number of rotatable bonds is 2. The number of nitrogen functional groups attached to an aromatic ring is 3. The van der Waals surface area contributed by atoms with Gasteiger partial charge in [-0.15, -0.1) is 0 Å². The minimum absolute atomic E-state index is 0.123. The molecule has 2 aromatic carbocycles. The second-order valence-electron chi connectivity index (χ2n) is 4.68. The lowest BCUT2D eigenvalue weighted by Crippen LogP contribution is -2.03. The number of benzene rings is 2. The van der Waals surface area contributed by atoms with Gasteiger partial charge in [0.1, 0.15) is 0 Å². The number of hydrogen-bond acceptors (Lipinski definition) is 5. The number of carbonyl (C=O) groups is 2. The van der Waals surface area contributed by atoms with Crippen molar-refractivity contribution in [1.82, 2.24) is 0 Å². The quantitative estimate of drug-likeness (QED) is 0.527. The second-order valence-corrected chi connectivity index (χ2v) is 5.09. The molecule has 0 saturated heterocycles. The Morgan fingerprint density at radius 1 is 0.870 bits per heavy atom. The first-order chi connectivity index (χ1) is 10.6. The Morgan fingerprint density at radius 3 is 1.74 bits per heavy atom. The van der Waals surface area contributed by atoms with E-state index in [0.717, 1.165) is 11.6 Å². The van der Waals surface area contributed by atoms with Crippen LogP contribution in [0.15, 0.2) is 30.3 Å². The highest BCUT2D eigenvalue weighted by atomic mass is 35.5. The number of carboxylic acid groups (broad SMARTS) is 2. The van der Waals surface area contributed by atoms with Gasteiger partial charge in [-0.25, -0.2) is 9.59 Å². The molecule has 0 atom stereocenters. The van der Waals surface area contributed by atoms with Gasteiger partial charge in [0.25, 0.3) is 0 Å². The monoisotopic (exact) mass is 337 g/mol. The third-order valence-corrected chi connectivity index (χ3v) is 3.16. The summed E-state index contributed by atoms with van der Waals surface area (Å²) in [5.74, 6) is -2.40. The van der Waals surface area contributed by atoms with Crippen molar-refractivity contribution in [1.29, 1.82) is 0 Å². The first-order valence-corrected chi connectivity index (χ1v) is 6.68. The fourth-order valence-corrected chi connectivity index (χ4v) is 1.79. The molecule has 0 radical (unpaired) electrons. The molecule has 8 N–H and O–H groups in total. The van der Waals surface area contributed by atoms with Crippen LogP contribution in [-0.2, 0) is 0 Å². The number of hydrogen-bond donors (Lipinski definition) is 5. The van der Waals surface area contributed by atoms with Crippen LogP contribution in [0.25, 0.3) is 0 Å². The highest BCUT2D eigenvalue weighted by molar-refractivity contribution is 6.33. The number of nitrogens with two attached hydrogens (primary N) is 3. The highest BCUT2D eigenvalue weighted by Gasteiger charge is 2.09. The molecule has 2 rings (SSSR count). The Balaban J connectivity index is 0.000000238. The maximum absolute atomic E-state index is 10.5. The van der Waals surface area contributed by atoms with Crippen molar-refractivity contribution in [3.63, 3.8) is 0 Å². The summed E-state index contributed by atoms with van der Waals surface area (Å²) < 4.78 is 0. The third-order valence-electron chi connectivity index (χ3n) is 2.83. The standard InChI is InChI=1S/C8H7NO4.C7H9ClN2/c9-6-2-4(7(10)11)1-5(3-6)8(12)13;1-4-2-7(10)5(8)3-6(4)9/h1-3H,9H2,(H,10,11)(H,12,13);2-3H,9-10H2,1H3. The fourth-order valence-electron chi connectivity index (χ4n) is 1.62. The normalized spacial score (nSPS) is 9.65. The van der Waals surface area contributed by atoms with Crippen molar-refractivity contribution in [2.45, 2.75) is 6.92 Å². The lowest BCUT2D eigenvalue weighted by atomic mass is 10.1. The fraction of sp³-hybridized carbons (Fsp3) is 0.0667. The lowest BCUT2D eigenvalue weighted by Gasteiger charge is -2.02. The number of aryl methyl sites for hydroxylation is 1. The Labute approximate surface area is 137 Å². The molecule has 8 heteroatoms. The summed E-state index contributed by atoms with van der Waals surface area (Å²) in [5, 5.41) is 17.7. The lowest BCUT2D eigenvalue weighted by molar-refractivity contribution is 0.0696. The molecule has 23 heavy (non-hydrogen) atoms. The molecular weight excluding hydrogens is 322 g/mol. The Morgan fingerprint density at radius 2 is 1.35 bits per heavy atom. The molecule has 0 amide bonds. The minimum Gasteiger partial charge on any atom is -0.478 e. The molecule has 2 aromatic rings. The van der Waals surface area contributed by atoms with E-state index in [1.54, 1.807) is 12.1 Å². The summed E-state index contributed by atoms with van der Waals surface area (Å²) in [6, 6.07) is 6.88. The molecule has 0 unspecified atom stereocenters. The number of anilines is 3. The topological polar surface area (TPSA) is 153 Å². The van der Waals surface area contributed by atoms with E-state index in [2.05, 4.69) is 0 Å². The molecule has 0 bridgehead atoms. The van der Waals surface area contributed by atoms with Gasteiger partial charge in [0.2, 0.25) is 0 Å². The van der Waals surface area contributed by atoms with Gasteiger partial charge in [0, 0.05) is 11.4 Å². The van der Waals surface area contributed by atoms with Crippen LogP contribution < -0.4 is 17.2 Å². The van der Waals surface area contributed by atoms with Gasteiger partial charge in [-0.05, 0) is 42.8 Å². The molecule has 0 aliphatic heterocycles. The van der Waals surface area contributed by atoms with Crippen molar-refractivity contribution in [3.05, 3.63) is 52.0 Å². The molecule has 0 spiro atoms. The van der Waals surface area contributed by atoms with Crippen LogP contribution in [0.3, 0.4) is 0 Å². The van der Waals surface area contributed by atoms with Crippen molar-refractivity contribution in [2.24, 2.45) is 0 Å².